The second-order valence-electron chi connectivity index (χ2n) is 8.36. The first-order chi connectivity index (χ1) is 14.6. The molecule has 0 fully saturated rings. The smallest absolute Gasteiger partial charge is 0.0106 e. The summed E-state index contributed by atoms with van der Waals surface area (Å²) in [6.45, 7) is 28.8. The third kappa shape index (κ3) is 9.66. The van der Waals surface area contributed by atoms with Crippen molar-refractivity contribution in [1.82, 2.24) is 0 Å². The molecule has 31 heavy (non-hydrogen) atoms. The molecule has 2 aromatic carbocycles. The van der Waals surface area contributed by atoms with Crippen molar-refractivity contribution in [2.45, 2.75) is 60.3 Å². The fourth-order valence-electron chi connectivity index (χ4n) is 2.78. The van der Waals surface area contributed by atoms with Gasteiger partial charge < -0.3 is 0 Å². The molecule has 0 heteroatoms. The van der Waals surface area contributed by atoms with Crippen LogP contribution in [0.5, 0.6) is 0 Å². The Labute approximate surface area is 192 Å². The molecule has 0 radical (unpaired) electrons. The van der Waals surface area contributed by atoms with Gasteiger partial charge in [-0.2, -0.15) is 0 Å². The molecule has 0 heterocycles. The monoisotopic (exact) mass is 414 g/mol. The van der Waals surface area contributed by atoms with Crippen molar-refractivity contribution in [3.8, 4) is 0 Å². The molecule has 166 valence electrons. The van der Waals surface area contributed by atoms with Crippen LogP contribution in [0.1, 0.15) is 70.2 Å². The lowest BCUT2D eigenvalue weighted by Gasteiger charge is -2.23. The van der Waals surface area contributed by atoms with Gasteiger partial charge in [0.25, 0.3) is 0 Å². The van der Waals surface area contributed by atoms with Crippen LogP contribution in [0.3, 0.4) is 0 Å². The molecule has 0 unspecified atom stereocenters. The summed E-state index contributed by atoms with van der Waals surface area (Å²) in [5, 5.41) is 0. The van der Waals surface area contributed by atoms with E-state index in [1.54, 1.807) is 6.08 Å². The van der Waals surface area contributed by atoms with Gasteiger partial charge in [-0.05, 0) is 67.4 Å². The maximum atomic E-state index is 3.94. The molecule has 2 rings (SSSR count). The number of aryl methyl sites for hydroxylation is 1. The molecule has 2 aromatic rings. The molecule has 0 aliphatic carbocycles. The van der Waals surface area contributed by atoms with Crippen LogP contribution in [0.4, 0.5) is 0 Å². The Hall–Kier alpha value is -2.86. The third-order valence-electron chi connectivity index (χ3n) is 5.60. The van der Waals surface area contributed by atoms with Crippen LogP contribution in [0.2, 0.25) is 0 Å². The van der Waals surface area contributed by atoms with E-state index in [-0.39, 0.29) is 0 Å². The zero-order valence-corrected chi connectivity index (χ0v) is 20.9. The highest BCUT2D eigenvalue weighted by Gasteiger charge is 2.16. The lowest BCUT2D eigenvalue weighted by molar-refractivity contribution is 0.506. The molecular weight excluding hydrogens is 372 g/mol. The average Bonchev–Trinajstić information content (AvgIpc) is 2.79. The Morgan fingerprint density at radius 3 is 1.77 bits per heavy atom. The summed E-state index contributed by atoms with van der Waals surface area (Å²) in [6, 6.07) is 17.4. The van der Waals surface area contributed by atoms with Gasteiger partial charge in [-0.1, -0.05) is 112 Å². The van der Waals surface area contributed by atoms with E-state index in [2.05, 4.69) is 122 Å². The summed E-state index contributed by atoms with van der Waals surface area (Å²) in [5.74, 6) is 0. The lowest BCUT2D eigenvalue weighted by Crippen LogP contribution is -2.14. The fourth-order valence-corrected chi connectivity index (χ4v) is 2.78. The van der Waals surface area contributed by atoms with Crippen LogP contribution in [0, 0.1) is 6.92 Å². The van der Waals surface area contributed by atoms with Gasteiger partial charge in [0.2, 0.25) is 0 Å². The first kappa shape index (κ1) is 28.1. The van der Waals surface area contributed by atoms with E-state index in [4.69, 9.17) is 0 Å². The number of benzene rings is 2. The van der Waals surface area contributed by atoms with Crippen molar-refractivity contribution >= 4 is 11.1 Å². The quantitative estimate of drug-likeness (QED) is 0.326. The molecule has 0 nitrogen and oxygen atoms in total. The van der Waals surface area contributed by atoms with Gasteiger partial charge in [0.1, 0.15) is 0 Å². The Balaban J connectivity index is 0.000000564. The Kier molecular flexibility index (Phi) is 12.9. The molecule has 0 aliphatic heterocycles. The zero-order chi connectivity index (χ0) is 24.0. The molecule has 0 saturated heterocycles. The van der Waals surface area contributed by atoms with Crippen LogP contribution in [-0.2, 0) is 5.41 Å². The predicted octanol–water partition coefficient (Wildman–Crippen LogP) is 9.74. The number of allylic oxidation sites excluding steroid dienone is 6. The van der Waals surface area contributed by atoms with Crippen LogP contribution in [-0.4, -0.2) is 0 Å². The van der Waals surface area contributed by atoms with Crippen molar-refractivity contribution in [2.75, 3.05) is 0 Å². The predicted molar refractivity (Wildman–Crippen MR) is 145 cm³/mol. The second-order valence-corrected chi connectivity index (χ2v) is 8.36. The third-order valence-corrected chi connectivity index (χ3v) is 5.60. The number of rotatable bonds is 6. The van der Waals surface area contributed by atoms with Gasteiger partial charge in [-0.25, -0.2) is 0 Å². The van der Waals surface area contributed by atoms with E-state index in [0.717, 1.165) is 5.57 Å². The standard InChI is InChI=1S/C17H20.C12H18.C2H4/c1-6-7-8-14(4)15(5)17-11-9-16(10-12-17)13(2)3;1-5-12(3,4)11-8-6-10(2)7-9-11;1-2/h6-12H,1-2H2,3-5H3;6-9H,5H2,1-4H3;1-2H2/b8-7-,15-14+;;. The number of hydrogen-bond acceptors (Lipinski definition) is 0. The van der Waals surface area contributed by atoms with Gasteiger partial charge in [-0.3, -0.25) is 0 Å². The topological polar surface area (TPSA) is 0 Å². The second kappa shape index (κ2) is 14.2. The Morgan fingerprint density at radius 2 is 1.35 bits per heavy atom. The van der Waals surface area contributed by atoms with Gasteiger partial charge in [0, 0.05) is 0 Å². The van der Waals surface area contributed by atoms with Gasteiger partial charge in [0.05, 0.1) is 0 Å². The summed E-state index contributed by atoms with van der Waals surface area (Å²) in [7, 11) is 0. The van der Waals surface area contributed by atoms with E-state index in [0.29, 0.717) is 5.41 Å². The van der Waals surface area contributed by atoms with Crippen molar-refractivity contribution in [1.29, 1.82) is 0 Å². The SMILES string of the molecule is C=C.C=C/C=C\C(C)=C(/C)c1ccc(C(=C)C)cc1.CCC(C)(C)c1ccc(C)cc1. The maximum absolute atomic E-state index is 3.94. The summed E-state index contributed by atoms with van der Waals surface area (Å²) in [4.78, 5) is 0. The maximum Gasteiger partial charge on any atom is -0.0106 e. The highest BCUT2D eigenvalue weighted by molar-refractivity contribution is 5.71. The van der Waals surface area contributed by atoms with E-state index in [1.165, 1.54) is 39.8 Å². The molecule has 0 saturated carbocycles. The number of hydrogen-bond donors (Lipinski definition) is 0. The molecule has 0 aromatic heterocycles. The summed E-state index contributed by atoms with van der Waals surface area (Å²) in [6.07, 6.45) is 7.02. The minimum absolute atomic E-state index is 0.327. The van der Waals surface area contributed by atoms with Crippen LogP contribution in [0.25, 0.3) is 11.1 Å². The molecule has 0 atom stereocenters. The fraction of sp³-hybridized carbons (Fsp3) is 0.290. The zero-order valence-electron chi connectivity index (χ0n) is 20.9. The Bertz CT molecular complexity index is 869. The van der Waals surface area contributed by atoms with E-state index >= 15 is 0 Å². The van der Waals surface area contributed by atoms with Crippen LogP contribution >= 0.6 is 0 Å². The normalized spacial score (nSPS) is 11.5. The lowest BCUT2D eigenvalue weighted by atomic mass is 9.82. The largest absolute Gasteiger partial charge is 0.106 e. The van der Waals surface area contributed by atoms with E-state index in [9.17, 15) is 0 Å². The molecule has 0 aliphatic rings. The first-order valence-corrected chi connectivity index (χ1v) is 10.9. The van der Waals surface area contributed by atoms with Gasteiger partial charge in [-0.15, -0.1) is 13.2 Å². The van der Waals surface area contributed by atoms with Crippen LogP contribution < -0.4 is 0 Å². The van der Waals surface area contributed by atoms with E-state index in [1.807, 2.05) is 13.0 Å². The van der Waals surface area contributed by atoms with Crippen molar-refractivity contribution in [3.05, 3.63) is 121 Å². The van der Waals surface area contributed by atoms with E-state index < -0.39 is 0 Å². The van der Waals surface area contributed by atoms with Crippen LogP contribution in [0.15, 0.2) is 98.6 Å². The Morgan fingerprint density at radius 1 is 0.871 bits per heavy atom. The molecule has 0 bridgehead atoms. The van der Waals surface area contributed by atoms with Gasteiger partial charge in [0.15, 0.2) is 0 Å². The van der Waals surface area contributed by atoms with Gasteiger partial charge >= 0.3 is 0 Å². The first-order valence-electron chi connectivity index (χ1n) is 10.9. The highest BCUT2D eigenvalue weighted by Crippen LogP contribution is 2.26. The summed E-state index contributed by atoms with van der Waals surface area (Å²) < 4.78 is 0. The van der Waals surface area contributed by atoms with Crippen molar-refractivity contribution in [3.63, 3.8) is 0 Å². The highest BCUT2D eigenvalue weighted by atomic mass is 14.2. The van der Waals surface area contributed by atoms with Crippen molar-refractivity contribution in [2.24, 2.45) is 0 Å². The molecule has 0 N–H and O–H groups in total. The average molecular weight is 415 g/mol. The summed E-state index contributed by atoms with van der Waals surface area (Å²) >= 11 is 0. The van der Waals surface area contributed by atoms with Crippen molar-refractivity contribution < 1.29 is 0 Å². The minimum Gasteiger partial charge on any atom is -0.106 e. The minimum atomic E-state index is 0.327. The molecule has 0 amide bonds. The molecular formula is C31H42. The molecule has 0 spiro atoms. The summed E-state index contributed by atoms with van der Waals surface area (Å²) in [5.41, 5.74) is 9.20.